The van der Waals surface area contributed by atoms with Crippen molar-refractivity contribution in [1.29, 1.82) is 0 Å². The minimum atomic E-state index is -0.126. The van der Waals surface area contributed by atoms with Crippen molar-refractivity contribution < 1.29 is 0 Å². The summed E-state index contributed by atoms with van der Waals surface area (Å²) in [6.45, 7) is 4.18. The van der Waals surface area contributed by atoms with Gasteiger partial charge in [0.05, 0.1) is 16.8 Å². The second kappa shape index (κ2) is 6.21. The van der Waals surface area contributed by atoms with E-state index in [1.807, 2.05) is 28.9 Å². The van der Waals surface area contributed by atoms with Crippen LogP contribution in [0.5, 0.6) is 0 Å². The number of benzene rings is 1. The maximum absolute atomic E-state index is 6.18. The maximum Gasteiger partial charge on any atom is 0.0878 e. The number of aromatic nitrogens is 2. The highest BCUT2D eigenvalue weighted by Gasteiger charge is 2.19. The lowest BCUT2D eigenvalue weighted by Crippen LogP contribution is -2.31. The summed E-state index contributed by atoms with van der Waals surface area (Å²) in [7, 11) is 0. The minimum Gasteiger partial charge on any atom is -0.271 e. The van der Waals surface area contributed by atoms with E-state index < -0.39 is 0 Å². The largest absolute Gasteiger partial charge is 0.271 e. The number of rotatable bonds is 4. The summed E-state index contributed by atoms with van der Waals surface area (Å²) < 4.78 is 2.98. The summed E-state index contributed by atoms with van der Waals surface area (Å²) in [6.07, 6.45) is 1.79. The molecule has 1 aromatic heterocycles. The van der Waals surface area contributed by atoms with Crippen LogP contribution in [-0.4, -0.2) is 9.78 Å². The topological polar surface area (TPSA) is 55.9 Å². The third-order valence-corrected chi connectivity index (χ3v) is 4.50. The van der Waals surface area contributed by atoms with Crippen molar-refractivity contribution in [2.24, 2.45) is 5.84 Å². The average molecular weight is 391 g/mol. The van der Waals surface area contributed by atoms with Crippen LogP contribution in [0.4, 0.5) is 0 Å². The molecule has 0 fully saturated rings. The quantitative estimate of drug-likeness (QED) is 0.478. The van der Waals surface area contributed by atoms with Gasteiger partial charge >= 0.3 is 0 Å². The Hall–Kier alpha value is -0.630. The Labute approximate surface area is 131 Å². The molecule has 4 nitrogen and oxygen atoms in total. The molecule has 0 spiro atoms. The van der Waals surface area contributed by atoms with Gasteiger partial charge in [-0.2, -0.15) is 5.10 Å². The molecule has 0 aliphatic heterocycles. The van der Waals surface area contributed by atoms with E-state index in [0.717, 1.165) is 19.9 Å². The van der Waals surface area contributed by atoms with Gasteiger partial charge in [-0.1, -0.05) is 17.7 Å². The van der Waals surface area contributed by atoms with Crippen LogP contribution < -0.4 is 11.3 Å². The van der Waals surface area contributed by atoms with Gasteiger partial charge in [0, 0.05) is 15.8 Å². The predicted octanol–water partition coefficient (Wildman–Crippen LogP) is 3.27. The first kappa shape index (κ1) is 14.8. The number of halogens is 2. The number of nitrogens with one attached hydrogen (secondary N) is 1. The van der Waals surface area contributed by atoms with Crippen molar-refractivity contribution in [2.45, 2.75) is 25.9 Å². The molecule has 102 valence electrons. The van der Waals surface area contributed by atoms with Crippen LogP contribution in [0.2, 0.25) is 5.02 Å². The highest BCUT2D eigenvalue weighted by Crippen LogP contribution is 2.27. The summed E-state index contributed by atoms with van der Waals surface area (Å²) in [5.41, 5.74) is 4.89. The predicted molar refractivity (Wildman–Crippen MR) is 85.9 cm³/mol. The zero-order valence-electron chi connectivity index (χ0n) is 10.8. The van der Waals surface area contributed by atoms with Crippen molar-refractivity contribution >= 4 is 34.2 Å². The molecule has 2 rings (SSSR count). The Bertz CT molecular complexity index is 568. The van der Waals surface area contributed by atoms with Crippen LogP contribution in [0.25, 0.3) is 0 Å². The van der Waals surface area contributed by atoms with E-state index in [0.29, 0.717) is 0 Å². The summed E-state index contributed by atoms with van der Waals surface area (Å²) in [5.74, 6) is 5.72. The monoisotopic (exact) mass is 390 g/mol. The molecule has 2 aromatic rings. The van der Waals surface area contributed by atoms with E-state index in [9.17, 15) is 0 Å². The number of hydrogen-bond acceptors (Lipinski definition) is 3. The van der Waals surface area contributed by atoms with Gasteiger partial charge in [-0.05, 0) is 60.2 Å². The standard InChI is InChI=1S/C13H16ClIN4/c1-8(2)19-12(5-6-17-19)13(18-16)9-3-4-11(15)10(14)7-9/h3-8,13,18H,16H2,1-2H3. The highest BCUT2D eigenvalue weighted by molar-refractivity contribution is 14.1. The van der Waals surface area contributed by atoms with E-state index in [2.05, 4.69) is 47.0 Å². The molecule has 3 N–H and O–H groups in total. The fraction of sp³-hybridized carbons (Fsp3) is 0.308. The molecular formula is C13H16ClIN4. The lowest BCUT2D eigenvalue weighted by Gasteiger charge is -2.20. The highest BCUT2D eigenvalue weighted by atomic mass is 127. The third kappa shape index (κ3) is 3.10. The second-order valence-corrected chi connectivity index (χ2v) is 6.14. The molecule has 0 saturated carbocycles. The fourth-order valence-electron chi connectivity index (χ4n) is 2.03. The van der Waals surface area contributed by atoms with Gasteiger partial charge in [0.25, 0.3) is 0 Å². The summed E-state index contributed by atoms with van der Waals surface area (Å²) in [6, 6.07) is 8.07. The van der Waals surface area contributed by atoms with Gasteiger partial charge in [0.1, 0.15) is 0 Å². The lowest BCUT2D eigenvalue weighted by atomic mass is 10.0. The van der Waals surface area contributed by atoms with E-state index in [1.54, 1.807) is 6.20 Å². The maximum atomic E-state index is 6.18. The Morgan fingerprint density at radius 2 is 2.11 bits per heavy atom. The normalized spacial score (nSPS) is 12.9. The van der Waals surface area contributed by atoms with Crippen molar-refractivity contribution in [3.63, 3.8) is 0 Å². The van der Waals surface area contributed by atoms with Crippen molar-refractivity contribution in [2.75, 3.05) is 0 Å². The summed E-state index contributed by atoms with van der Waals surface area (Å²) in [4.78, 5) is 0. The minimum absolute atomic E-state index is 0.126. The first-order valence-corrected chi connectivity index (χ1v) is 7.44. The first-order chi connectivity index (χ1) is 9.04. The number of nitrogens with zero attached hydrogens (tertiary/aromatic N) is 2. The molecule has 1 atom stereocenters. The van der Waals surface area contributed by atoms with E-state index in [1.165, 1.54) is 0 Å². The van der Waals surface area contributed by atoms with Crippen LogP contribution in [-0.2, 0) is 0 Å². The zero-order valence-corrected chi connectivity index (χ0v) is 13.7. The fourth-order valence-corrected chi connectivity index (χ4v) is 2.55. The van der Waals surface area contributed by atoms with Gasteiger partial charge in [0.15, 0.2) is 0 Å². The molecule has 0 aliphatic carbocycles. The zero-order chi connectivity index (χ0) is 14.0. The molecule has 0 amide bonds. The number of hydrazine groups is 1. The Balaban J connectivity index is 2.44. The van der Waals surface area contributed by atoms with Gasteiger partial charge in [-0.3, -0.25) is 10.5 Å². The number of hydrogen-bond donors (Lipinski definition) is 2. The van der Waals surface area contributed by atoms with E-state index >= 15 is 0 Å². The van der Waals surface area contributed by atoms with Crippen LogP contribution >= 0.6 is 34.2 Å². The first-order valence-electron chi connectivity index (χ1n) is 5.99. The van der Waals surface area contributed by atoms with Crippen molar-refractivity contribution in [3.8, 4) is 0 Å². The van der Waals surface area contributed by atoms with Gasteiger partial charge in [-0.25, -0.2) is 5.43 Å². The molecule has 0 saturated heterocycles. The van der Waals surface area contributed by atoms with Crippen LogP contribution in [0, 0.1) is 3.57 Å². The molecule has 0 bridgehead atoms. The van der Waals surface area contributed by atoms with Crippen LogP contribution in [0.3, 0.4) is 0 Å². The summed E-state index contributed by atoms with van der Waals surface area (Å²) in [5, 5.41) is 5.07. The van der Waals surface area contributed by atoms with Crippen LogP contribution in [0.1, 0.15) is 37.2 Å². The third-order valence-electron chi connectivity index (χ3n) is 2.93. The lowest BCUT2D eigenvalue weighted by molar-refractivity contribution is 0.476. The molecule has 1 heterocycles. The molecule has 1 unspecified atom stereocenters. The van der Waals surface area contributed by atoms with Gasteiger partial charge in [-0.15, -0.1) is 0 Å². The van der Waals surface area contributed by atoms with Gasteiger partial charge in [0.2, 0.25) is 0 Å². The summed E-state index contributed by atoms with van der Waals surface area (Å²) >= 11 is 8.39. The van der Waals surface area contributed by atoms with Crippen molar-refractivity contribution in [3.05, 3.63) is 50.3 Å². The Kier molecular flexibility index (Phi) is 4.83. The molecule has 0 radical (unpaired) electrons. The average Bonchev–Trinajstić information content (AvgIpc) is 2.84. The Morgan fingerprint density at radius 1 is 1.37 bits per heavy atom. The van der Waals surface area contributed by atoms with Crippen molar-refractivity contribution in [1.82, 2.24) is 15.2 Å². The van der Waals surface area contributed by atoms with E-state index in [-0.39, 0.29) is 12.1 Å². The van der Waals surface area contributed by atoms with Crippen LogP contribution in [0.15, 0.2) is 30.5 Å². The molecular weight excluding hydrogens is 375 g/mol. The second-order valence-electron chi connectivity index (χ2n) is 4.57. The smallest absolute Gasteiger partial charge is 0.0878 e. The van der Waals surface area contributed by atoms with Gasteiger partial charge < -0.3 is 0 Å². The SMILES string of the molecule is CC(C)n1nccc1C(NN)c1ccc(I)c(Cl)c1. The number of nitrogens with two attached hydrogens (primary N) is 1. The van der Waals surface area contributed by atoms with E-state index in [4.69, 9.17) is 17.4 Å². The molecule has 1 aromatic carbocycles. The molecule has 0 aliphatic rings. The Morgan fingerprint density at radius 3 is 2.68 bits per heavy atom. The molecule has 19 heavy (non-hydrogen) atoms. The molecule has 6 heteroatoms.